The van der Waals surface area contributed by atoms with E-state index in [4.69, 9.17) is 9.72 Å². The second-order valence-electron chi connectivity index (χ2n) is 7.50. The summed E-state index contributed by atoms with van der Waals surface area (Å²) in [5.74, 6) is 0.890. The smallest absolute Gasteiger partial charge is 0.119 e. The minimum Gasteiger partial charge on any atom is -0.489 e. The van der Waals surface area contributed by atoms with Gasteiger partial charge in [0.25, 0.3) is 0 Å². The van der Waals surface area contributed by atoms with Crippen molar-refractivity contribution in [2.45, 2.75) is 39.6 Å². The molecule has 2 heterocycles. The normalized spacial score (nSPS) is 11.0. The minimum absolute atomic E-state index is 0.582. The predicted octanol–water partition coefficient (Wildman–Crippen LogP) is 5.88. The zero-order valence-electron chi connectivity index (χ0n) is 17.8. The van der Waals surface area contributed by atoms with Crippen molar-refractivity contribution >= 4 is 11.3 Å². The Kier molecular flexibility index (Phi) is 7.42. The van der Waals surface area contributed by atoms with Crippen molar-refractivity contribution < 1.29 is 4.74 Å². The molecule has 0 unspecified atom stereocenters. The first-order chi connectivity index (χ1) is 15.3. The average molecular weight is 430 g/mol. The lowest BCUT2D eigenvalue weighted by molar-refractivity contribution is 0.247. The van der Waals surface area contributed by atoms with E-state index in [1.54, 1.807) is 11.3 Å². The van der Waals surface area contributed by atoms with E-state index in [2.05, 4.69) is 70.7 Å². The van der Waals surface area contributed by atoms with Gasteiger partial charge in [0.15, 0.2) is 0 Å². The van der Waals surface area contributed by atoms with Crippen LogP contribution in [0.5, 0.6) is 5.75 Å². The molecule has 0 spiro atoms. The molecule has 0 saturated carbocycles. The Balaban J connectivity index is 1.41. The van der Waals surface area contributed by atoms with Gasteiger partial charge in [-0.25, -0.2) is 4.98 Å². The van der Waals surface area contributed by atoms with E-state index in [0.29, 0.717) is 6.61 Å². The summed E-state index contributed by atoms with van der Waals surface area (Å²) < 4.78 is 5.93. The summed E-state index contributed by atoms with van der Waals surface area (Å²) in [6.07, 6.45) is 4.68. The van der Waals surface area contributed by atoms with Gasteiger partial charge in [0.05, 0.1) is 12.2 Å². The Morgan fingerprint density at radius 3 is 2.19 bits per heavy atom. The van der Waals surface area contributed by atoms with Crippen LogP contribution in [-0.4, -0.2) is 14.9 Å². The number of hydrogen-bond donors (Lipinski definition) is 0. The summed E-state index contributed by atoms with van der Waals surface area (Å²) in [5.41, 5.74) is 4.85. The number of ether oxygens (including phenoxy) is 1. The summed E-state index contributed by atoms with van der Waals surface area (Å²) >= 11 is 1.75. The lowest BCUT2D eigenvalue weighted by Crippen LogP contribution is -2.22. The van der Waals surface area contributed by atoms with Gasteiger partial charge >= 0.3 is 0 Å². The van der Waals surface area contributed by atoms with Gasteiger partial charge in [-0.15, -0.1) is 11.3 Å². The van der Waals surface area contributed by atoms with Gasteiger partial charge in [0.1, 0.15) is 17.4 Å². The lowest BCUT2D eigenvalue weighted by Gasteiger charge is -2.21. The van der Waals surface area contributed by atoms with Crippen LogP contribution in [0.15, 0.2) is 84.5 Å². The van der Waals surface area contributed by atoms with Crippen molar-refractivity contribution in [1.82, 2.24) is 14.9 Å². The maximum absolute atomic E-state index is 5.93. The molecule has 0 aliphatic rings. The van der Waals surface area contributed by atoms with Gasteiger partial charge in [-0.2, -0.15) is 0 Å². The molecule has 2 aromatic carbocycles. The zero-order chi connectivity index (χ0) is 21.3. The molecule has 0 N–H and O–H groups in total. The molecule has 0 atom stereocenters. The summed E-state index contributed by atoms with van der Waals surface area (Å²) in [5, 5.41) is 3.33. The van der Waals surface area contributed by atoms with Crippen LogP contribution in [0.2, 0.25) is 0 Å². The van der Waals surface area contributed by atoms with Gasteiger partial charge in [-0.1, -0.05) is 49.4 Å². The molecule has 4 nitrogen and oxygen atoms in total. The largest absolute Gasteiger partial charge is 0.489 e. The average Bonchev–Trinajstić information content (AvgIpc) is 3.27. The highest BCUT2D eigenvalue weighted by Gasteiger charge is 2.11. The van der Waals surface area contributed by atoms with Crippen molar-refractivity contribution in [2.24, 2.45) is 0 Å². The van der Waals surface area contributed by atoms with Crippen LogP contribution < -0.4 is 4.74 Å². The van der Waals surface area contributed by atoms with E-state index in [0.717, 1.165) is 36.8 Å². The Bertz CT molecular complexity index is 1050. The number of hydrogen-bond acceptors (Lipinski definition) is 5. The molecular weight excluding hydrogens is 402 g/mol. The summed E-state index contributed by atoms with van der Waals surface area (Å²) in [6, 6.07) is 22.8. The van der Waals surface area contributed by atoms with E-state index in [-0.39, 0.29) is 0 Å². The first-order valence-electron chi connectivity index (χ1n) is 10.6. The van der Waals surface area contributed by atoms with E-state index >= 15 is 0 Å². The molecule has 0 radical (unpaired) electrons. The Morgan fingerprint density at radius 2 is 1.52 bits per heavy atom. The second kappa shape index (κ2) is 10.8. The third kappa shape index (κ3) is 6.48. The first kappa shape index (κ1) is 21.2. The maximum atomic E-state index is 5.93. The minimum atomic E-state index is 0.582. The van der Waals surface area contributed by atoms with Crippen molar-refractivity contribution in [3.05, 3.63) is 112 Å². The number of aryl methyl sites for hydroxylation is 1. The van der Waals surface area contributed by atoms with Gasteiger partial charge in [0.2, 0.25) is 0 Å². The number of pyridine rings is 1. The SMILES string of the molecule is CCc1csc(CN(Cc2ccncc2)Cc2ccc(OCc3ccccc3)cc2)n1. The highest BCUT2D eigenvalue weighted by Crippen LogP contribution is 2.19. The number of thiazole rings is 1. The summed E-state index contributed by atoms with van der Waals surface area (Å²) in [7, 11) is 0. The van der Waals surface area contributed by atoms with Crippen LogP contribution in [0.4, 0.5) is 0 Å². The van der Waals surface area contributed by atoms with Crippen LogP contribution in [0.1, 0.15) is 34.3 Å². The molecule has 0 aliphatic heterocycles. The van der Waals surface area contributed by atoms with Crippen molar-refractivity contribution in [1.29, 1.82) is 0 Å². The van der Waals surface area contributed by atoms with Crippen LogP contribution in [0.3, 0.4) is 0 Å². The summed E-state index contributed by atoms with van der Waals surface area (Å²) in [6.45, 7) is 5.27. The van der Waals surface area contributed by atoms with Gasteiger partial charge in [-0.05, 0) is 47.4 Å². The van der Waals surface area contributed by atoms with E-state index < -0.39 is 0 Å². The van der Waals surface area contributed by atoms with Crippen molar-refractivity contribution in [3.8, 4) is 5.75 Å². The van der Waals surface area contributed by atoms with Gasteiger partial charge in [-0.3, -0.25) is 9.88 Å². The molecule has 31 heavy (non-hydrogen) atoms. The number of benzene rings is 2. The van der Waals surface area contributed by atoms with E-state index in [1.165, 1.54) is 22.4 Å². The topological polar surface area (TPSA) is 38.2 Å². The Labute approximate surface area is 188 Å². The molecule has 0 aliphatic carbocycles. The Morgan fingerprint density at radius 1 is 0.806 bits per heavy atom. The van der Waals surface area contributed by atoms with E-state index in [9.17, 15) is 0 Å². The number of rotatable bonds is 10. The lowest BCUT2D eigenvalue weighted by atomic mass is 10.2. The van der Waals surface area contributed by atoms with Crippen molar-refractivity contribution in [2.75, 3.05) is 0 Å². The molecule has 0 bridgehead atoms. The fourth-order valence-electron chi connectivity index (χ4n) is 3.38. The van der Waals surface area contributed by atoms with Crippen LogP contribution in [0.25, 0.3) is 0 Å². The maximum Gasteiger partial charge on any atom is 0.119 e. The van der Waals surface area contributed by atoms with Gasteiger partial charge in [0, 0.05) is 30.9 Å². The van der Waals surface area contributed by atoms with Gasteiger partial charge < -0.3 is 4.74 Å². The molecular formula is C26H27N3OS. The fraction of sp³-hybridized carbons (Fsp3) is 0.231. The van der Waals surface area contributed by atoms with Crippen molar-refractivity contribution in [3.63, 3.8) is 0 Å². The van der Waals surface area contributed by atoms with Crippen LogP contribution in [-0.2, 0) is 32.7 Å². The van der Waals surface area contributed by atoms with Crippen LogP contribution >= 0.6 is 11.3 Å². The highest BCUT2D eigenvalue weighted by molar-refractivity contribution is 7.09. The fourth-order valence-corrected chi connectivity index (χ4v) is 4.30. The highest BCUT2D eigenvalue weighted by atomic mass is 32.1. The molecule has 0 amide bonds. The number of nitrogens with zero attached hydrogens (tertiary/aromatic N) is 3. The van der Waals surface area contributed by atoms with Crippen LogP contribution in [0, 0.1) is 0 Å². The predicted molar refractivity (Wildman–Crippen MR) is 126 cm³/mol. The van der Waals surface area contributed by atoms with E-state index in [1.807, 2.05) is 30.6 Å². The molecule has 5 heteroatoms. The molecule has 0 saturated heterocycles. The standard InChI is InChI=1S/C26H27N3OS/c1-2-24-20-31-26(28-24)18-29(17-22-12-14-27-15-13-22)16-21-8-10-25(11-9-21)30-19-23-6-4-3-5-7-23/h3-15,20H,2,16-19H2,1H3. The Hall–Kier alpha value is -3.02. The third-order valence-corrected chi connectivity index (χ3v) is 5.94. The number of aromatic nitrogens is 2. The molecule has 4 aromatic rings. The quantitative estimate of drug-likeness (QED) is 0.315. The second-order valence-corrected chi connectivity index (χ2v) is 8.45. The molecule has 158 valence electrons. The summed E-state index contributed by atoms with van der Waals surface area (Å²) in [4.78, 5) is 11.3. The first-order valence-corrected chi connectivity index (χ1v) is 11.5. The third-order valence-electron chi connectivity index (χ3n) is 5.05. The molecule has 4 rings (SSSR count). The monoisotopic (exact) mass is 429 g/mol. The zero-order valence-corrected chi connectivity index (χ0v) is 18.6. The molecule has 0 fully saturated rings. The molecule has 2 aromatic heterocycles.